The largest absolute Gasteiger partial charge is 0.333 e. The van der Waals surface area contributed by atoms with Gasteiger partial charge in [-0.1, -0.05) is 6.92 Å². The van der Waals surface area contributed by atoms with E-state index in [9.17, 15) is 14.4 Å². The van der Waals surface area contributed by atoms with E-state index in [-0.39, 0.29) is 6.54 Å². The molecule has 1 aliphatic rings. The molecular formula is C8H11ClN2O3. The van der Waals surface area contributed by atoms with E-state index >= 15 is 0 Å². The average molecular weight is 219 g/mol. The lowest BCUT2D eigenvalue weighted by Gasteiger charge is -2.30. The Balaban J connectivity index is 2.69. The Bertz CT molecular complexity index is 280. The molecule has 0 aromatic carbocycles. The summed E-state index contributed by atoms with van der Waals surface area (Å²) in [5, 5.41) is -0.889. The van der Waals surface area contributed by atoms with Crippen molar-refractivity contribution in [2.24, 2.45) is 0 Å². The zero-order valence-corrected chi connectivity index (χ0v) is 8.58. The topological polar surface area (TPSA) is 57.7 Å². The number of imide groups is 1. The Labute approximate surface area is 86.6 Å². The van der Waals surface area contributed by atoms with Gasteiger partial charge in [0.05, 0.1) is 0 Å². The molecule has 0 saturated carbocycles. The van der Waals surface area contributed by atoms with Crippen molar-refractivity contribution in [1.29, 1.82) is 0 Å². The maximum absolute atomic E-state index is 11.4. The molecule has 1 aliphatic heterocycles. The van der Waals surface area contributed by atoms with Gasteiger partial charge in [0.15, 0.2) is 0 Å². The number of hydrogen-bond acceptors (Lipinski definition) is 3. The van der Waals surface area contributed by atoms with Gasteiger partial charge in [-0.2, -0.15) is 0 Å². The molecule has 0 aromatic heterocycles. The van der Waals surface area contributed by atoms with Crippen molar-refractivity contribution in [3.05, 3.63) is 0 Å². The summed E-state index contributed by atoms with van der Waals surface area (Å²) in [5.41, 5.74) is 0. The Hall–Kier alpha value is -1.10. The summed E-state index contributed by atoms with van der Waals surface area (Å²) >= 11 is 5.14. The molecule has 6 heteroatoms. The van der Waals surface area contributed by atoms with Crippen molar-refractivity contribution in [3.63, 3.8) is 0 Å². The summed E-state index contributed by atoms with van der Waals surface area (Å²) in [5.74, 6) is -1.48. The highest BCUT2D eigenvalue weighted by Gasteiger charge is 2.34. The second kappa shape index (κ2) is 4.41. The van der Waals surface area contributed by atoms with Gasteiger partial charge in [-0.05, 0) is 18.0 Å². The predicted molar refractivity (Wildman–Crippen MR) is 49.8 cm³/mol. The van der Waals surface area contributed by atoms with Crippen molar-refractivity contribution in [2.75, 3.05) is 19.6 Å². The molecule has 3 amide bonds. The van der Waals surface area contributed by atoms with E-state index in [1.165, 1.54) is 4.90 Å². The van der Waals surface area contributed by atoms with Gasteiger partial charge in [-0.15, -0.1) is 0 Å². The van der Waals surface area contributed by atoms with Gasteiger partial charge < -0.3 is 4.90 Å². The minimum Gasteiger partial charge on any atom is -0.333 e. The molecule has 0 spiro atoms. The number of carbonyl (C=O) groups excluding carboxylic acids is 3. The third kappa shape index (κ3) is 2.04. The van der Waals surface area contributed by atoms with Crippen molar-refractivity contribution in [3.8, 4) is 0 Å². The molecule has 0 bridgehead atoms. The first-order chi connectivity index (χ1) is 6.57. The van der Waals surface area contributed by atoms with Crippen LogP contribution in [0.3, 0.4) is 0 Å². The van der Waals surface area contributed by atoms with Crippen LogP contribution in [0.25, 0.3) is 0 Å². The van der Waals surface area contributed by atoms with Crippen LogP contribution in [-0.4, -0.2) is 46.6 Å². The van der Waals surface area contributed by atoms with E-state index in [4.69, 9.17) is 11.6 Å². The lowest BCUT2D eigenvalue weighted by atomic mass is 10.3. The van der Waals surface area contributed by atoms with Crippen LogP contribution in [-0.2, 0) is 9.59 Å². The standard InChI is InChI=1S/C8H11ClN2O3/c1-2-3-10-4-5-11(8(9)14)7(13)6(10)12/h2-5H2,1H3. The van der Waals surface area contributed by atoms with E-state index in [1.807, 2.05) is 6.92 Å². The van der Waals surface area contributed by atoms with Crippen LogP contribution in [0.1, 0.15) is 13.3 Å². The molecule has 14 heavy (non-hydrogen) atoms. The highest BCUT2D eigenvalue weighted by molar-refractivity contribution is 6.65. The number of amides is 3. The van der Waals surface area contributed by atoms with Gasteiger partial charge in [-0.25, -0.2) is 0 Å². The van der Waals surface area contributed by atoms with Crippen LogP contribution in [0.15, 0.2) is 0 Å². The Morgan fingerprint density at radius 3 is 2.50 bits per heavy atom. The molecular weight excluding hydrogens is 208 g/mol. The highest BCUT2D eigenvalue weighted by Crippen LogP contribution is 2.08. The summed E-state index contributed by atoms with van der Waals surface area (Å²) in [6.45, 7) is 3.01. The molecule has 5 nitrogen and oxygen atoms in total. The summed E-state index contributed by atoms with van der Waals surface area (Å²) in [6, 6.07) is 0. The molecule has 0 atom stereocenters. The summed E-state index contributed by atoms with van der Waals surface area (Å²) in [7, 11) is 0. The quantitative estimate of drug-likeness (QED) is 0.384. The Kier molecular flexibility index (Phi) is 3.46. The van der Waals surface area contributed by atoms with E-state index in [1.54, 1.807) is 0 Å². The van der Waals surface area contributed by atoms with Gasteiger partial charge in [-0.3, -0.25) is 19.3 Å². The molecule has 1 rings (SSSR count). The maximum Gasteiger partial charge on any atom is 0.323 e. The van der Waals surface area contributed by atoms with E-state index in [0.29, 0.717) is 13.1 Å². The first kappa shape index (κ1) is 11.0. The summed E-state index contributed by atoms with van der Waals surface area (Å²) < 4.78 is 0. The van der Waals surface area contributed by atoms with Gasteiger partial charge >= 0.3 is 17.2 Å². The van der Waals surface area contributed by atoms with Crippen LogP contribution in [0.2, 0.25) is 0 Å². The van der Waals surface area contributed by atoms with Crippen LogP contribution in [0.4, 0.5) is 4.79 Å². The second-order valence-corrected chi connectivity index (χ2v) is 3.33. The van der Waals surface area contributed by atoms with Crippen LogP contribution >= 0.6 is 11.6 Å². The smallest absolute Gasteiger partial charge is 0.323 e. The van der Waals surface area contributed by atoms with Gasteiger partial charge in [0, 0.05) is 19.6 Å². The van der Waals surface area contributed by atoms with E-state index in [2.05, 4.69) is 0 Å². The summed E-state index contributed by atoms with van der Waals surface area (Å²) in [6.07, 6.45) is 0.786. The molecule has 0 unspecified atom stereocenters. The highest BCUT2D eigenvalue weighted by atomic mass is 35.5. The second-order valence-electron chi connectivity index (χ2n) is 3.00. The third-order valence-corrected chi connectivity index (χ3v) is 2.22. The molecule has 0 radical (unpaired) electrons. The minimum atomic E-state index is -0.889. The third-order valence-electron chi connectivity index (χ3n) is 2.01. The number of rotatable bonds is 2. The van der Waals surface area contributed by atoms with Gasteiger partial charge in [0.1, 0.15) is 0 Å². The van der Waals surface area contributed by atoms with Crippen LogP contribution in [0, 0.1) is 0 Å². The lowest BCUT2D eigenvalue weighted by Crippen LogP contribution is -2.55. The van der Waals surface area contributed by atoms with Crippen molar-refractivity contribution >= 4 is 28.8 Å². The molecule has 0 N–H and O–H groups in total. The number of carbonyl (C=O) groups is 3. The van der Waals surface area contributed by atoms with Gasteiger partial charge in [0.25, 0.3) is 0 Å². The predicted octanol–water partition coefficient (Wildman–Crippen LogP) is 0.426. The van der Waals surface area contributed by atoms with E-state index < -0.39 is 17.2 Å². The number of hydrogen-bond donors (Lipinski definition) is 0. The fraction of sp³-hybridized carbons (Fsp3) is 0.625. The number of piperazine rings is 1. The zero-order chi connectivity index (χ0) is 10.7. The molecule has 0 aliphatic carbocycles. The van der Waals surface area contributed by atoms with Crippen molar-refractivity contribution < 1.29 is 14.4 Å². The van der Waals surface area contributed by atoms with Crippen molar-refractivity contribution in [2.45, 2.75) is 13.3 Å². The molecule has 1 fully saturated rings. The Morgan fingerprint density at radius 1 is 1.36 bits per heavy atom. The first-order valence-electron chi connectivity index (χ1n) is 4.38. The zero-order valence-electron chi connectivity index (χ0n) is 7.83. The van der Waals surface area contributed by atoms with Crippen LogP contribution in [0.5, 0.6) is 0 Å². The van der Waals surface area contributed by atoms with Gasteiger partial charge in [0.2, 0.25) is 0 Å². The normalized spacial score (nSPS) is 17.6. The van der Waals surface area contributed by atoms with Crippen molar-refractivity contribution in [1.82, 2.24) is 9.80 Å². The summed E-state index contributed by atoms with van der Waals surface area (Å²) in [4.78, 5) is 35.5. The maximum atomic E-state index is 11.4. The SMILES string of the molecule is CCCN1CCN(C(=O)Cl)C(=O)C1=O. The fourth-order valence-corrected chi connectivity index (χ4v) is 1.49. The molecule has 78 valence electrons. The average Bonchev–Trinajstić information content (AvgIpc) is 2.13. The fourth-order valence-electron chi connectivity index (χ4n) is 1.33. The monoisotopic (exact) mass is 218 g/mol. The molecule has 1 heterocycles. The number of halogens is 1. The van der Waals surface area contributed by atoms with Crippen LogP contribution < -0.4 is 0 Å². The Morgan fingerprint density at radius 2 is 2.00 bits per heavy atom. The molecule has 1 saturated heterocycles. The number of nitrogens with zero attached hydrogens (tertiary/aromatic N) is 2. The first-order valence-corrected chi connectivity index (χ1v) is 4.76. The lowest BCUT2D eigenvalue weighted by molar-refractivity contribution is -0.153. The minimum absolute atomic E-state index is 0.187. The molecule has 0 aromatic rings. The van der Waals surface area contributed by atoms with E-state index in [0.717, 1.165) is 11.3 Å².